The van der Waals surface area contributed by atoms with Gasteiger partial charge in [0.25, 0.3) is 0 Å². The second-order valence-corrected chi connectivity index (χ2v) is 6.54. The van der Waals surface area contributed by atoms with Gasteiger partial charge >= 0.3 is 0 Å². The van der Waals surface area contributed by atoms with Gasteiger partial charge in [0.15, 0.2) is 0 Å². The van der Waals surface area contributed by atoms with Crippen molar-refractivity contribution in [3.8, 4) is 0 Å². The molecule has 1 aromatic carbocycles. The molecule has 5 nitrogen and oxygen atoms in total. The number of para-hydroxylation sites is 1. The van der Waals surface area contributed by atoms with Gasteiger partial charge in [0, 0.05) is 18.5 Å². The minimum Gasteiger partial charge on any atom is -0.324 e. The summed E-state index contributed by atoms with van der Waals surface area (Å²) in [4.78, 5) is 36.7. The summed E-state index contributed by atoms with van der Waals surface area (Å²) in [7, 11) is 0. The summed E-state index contributed by atoms with van der Waals surface area (Å²) in [5.41, 5.74) is 2.92. The predicted molar refractivity (Wildman–Crippen MR) is 89.2 cm³/mol. The van der Waals surface area contributed by atoms with Crippen LogP contribution >= 0.6 is 0 Å². The van der Waals surface area contributed by atoms with Gasteiger partial charge in [-0.25, -0.2) is 0 Å². The third-order valence-corrected chi connectivity index (χ3v) is 4.09. The summed E-state index contributed by atoms with van der Waals surface area (Å²) in [5.74, 6) is -0.348. The Labute approximate surface area is 137 Å². The highest BCUT2D eigenvalue weighted by molar-refractivity contribution is 6.06. The normalized spacial score (nSPS) is 15.0. The van der Waals surface area contributed by atoms with Gasteiger partial charge in [-0.2, -0.15) is 0 Å². The van der Waals surface area contributed by atoms with Gasteiger partial charge in [-0.3, -0.25) is 19.3 Å². The predicted octanol–water partition coefficient (Wildman–Crippen LogP) is 3.02. The van der Waals surface area contributed by atoms with E-state index in [0.29, 0.717) is 0 Å². The summed E-state index contributed by atoms with van der Waals surface area (Å²) < 4.78 is 0. The molecular formula is C18H24N2O3. The summed E-state index contributed by atoms with van der Waals surface area (Å²) >= 11 is 0. The second kappa shape index (κ2) is 6.94. The van der Waals surface area contributed by atoms with Gasteiger partial charge < -0.3 is 5.32 Å². The van der Waals surface area contributed by atoms with Crippen molar-refractivity contribution in [2.45, 2.75) is 52.4 Å². The summed E-state index contributed by atoms with van der Waals surface area (Å²) in [6, 6.07) is 5.99. The molecule has 0 saturated carbocycles. The van der Waals surface area contributed by atoms with Crippen molar-refractivity contribution in [1.29, 1.82) is 0 Å². The number of nitrogens with zero attached hydrogens (tertiary/aromatic N) is 1. The second-order valence-electron chi connectivity index (χ2n) is 6.54. The lowest BCUT2D eigenvalue weighted by atomic mass is 9.92. The van der Waals surface area contributed by atoms with Crippen molar-refractivity contribution in [1.82, 2.24) is 4.90 Å². The first-order valence-corrected chi connectivity index (χ1v) is 8.07. The van der Waals surface area contributed by atoms with Crippen LogP contribution in [0.2, 0.25) is 0 Å². The van der Waals surface area contributed by atoms with Crippen molar-refractivity contribution >= 4 is 23.4 Å². The number of amides is 3. The molecular weight excluding hydrogens is 292 g/mol. The fourth-order valence-corrected chi connectivity index (χ4v) is 2.82. The highest BCUT2D eigenvalue weighted by Crippen LogP contribution is 2.32. The van der Waals surface area contributed by atoms with Crippen LogP contribution in [0.15, 0.2) is 18.2 Å². The van der Waals surface area contributed by atoms with Crippen molar-refractivity contribution in [3.05, 3.63) is 29.3 Å². The molecule has 23 heavy (non-hydrogen) atoms. The summed E-state index contributed by atoms with van der Waals surface area (Å²) in [5, 5.41) is 2.92. The topological polar surface area (TPSA) is 66.5 Å². The number of nitrogens with one attached hydrogen (secondary N) is 1. The maximum absolute atomic E-state index is 12.4. The molecule has 1 aliphatic rings. The van der Waals surface area contributed by atoms with E-state index in [1.807, 2.05) is 18.2 Å². The maximum Gasteiger partial charge on any atom is 0.244 e. The number of benzene rings is 1. The van der Waals surface area contributed by atoms with Crippen LogP contribution < -0.4 is 5.32 Å². The SMILES string of the molecule is CC(C)c1cccc(C(C)C)c1NC(=O)CN1C(=O)CCC1=O. The molecule has 124 valence electrons. The molecule has 1 aromatic rings. The first-order chi connectivity index (χ1) is 10.8. The third-order valence-electron chi connectivity index (χ3n) is 4.09. The Bertz CT molecular complexity index is 593. The van der Waals surface area contributed by atoms with E-state index in [4.69, 9.17) is 0 Å². The van der Waals surface area contributed by atoms with Gasteiger partial charge in [0.1, 0.15) is 6.54 Å². The van der Waals surface area contributed by atoms with E-state index in [1.165, 1.54) is 0 Å². The molecule has 5 heteroatoms. The lowest BCUT2D eigenvalue weighted by molar-refractivity contribution is -0.141. The molecule has 2 rings (SSSR count). The standard InChI is InChI=1S/C18H24N2O3/c1-11(2)13-6-5-7-14(12(3)4)18(13)19-15(21)10-20-16(22)8-9-17(20)23/h5-7,11-12H,8-10H2,1-4H3,(H,19,21). The fraction of sp³-hybridized carbons (Fsp3) is 0.500. The Balaban J connectivity index is 2.23. The molecule has 1 saturated heterocycles. The van der Waals surface area contributed by atoms with E-state index >= 15 is 0 Å². The molecule has 1 heterocycles. The molecule has 0 atom stereocenters. The molecule has 1 aliphatic heterocycles. The van der Waals surface area contributed by atoms with Crippen LogP contribution in [0.3, 0.4) is 0 Å². The third kappa shape index (κ3) is 3.78. The number of carbonyl (C=O) groups is 3. The highest BCUT2D eigenvalue weighted by Gasteiger charge is 2.30. The van der Waals surface area contributed by atoms with Gasteiger partial charge in [-0.1, -0.05) is 45.9 Å². The van der Waals surface area contributed by atoms with E-state index < -0.39 is 0 Å². The average Bonchev–Trinajstić information content (AvgIpc) is 2.78. The Hall–Kier alpha value is -2.17. The van der Waals surface area contributed by atoms with E-state index in [2.05, 4.69) is 33.0 Å². The van der Waals surface area contributed by atoms with Crippen LogP contribution in [0.5, 0.6) is 0 Å². The van der Waals surface area contributed by atoms with Crippen LogP contribution in [0.1, 0.15) is 63.5 Å². The first kappa shape index (κ1) is 17.2. The maximum atomic E-state index is 12.4. The minimum absolute atomic E-state index is 0.200. The molecule has 0 aromatic heterocycles. The van der Waals surface area contributed by atoms with Gasteiger partial charge in [-0.15, -0.1) is 0 Å². The smallest absolute Gasteiger partial charge is 0.244 e. The molecule has 0 bridgehead atoms. The highest BCUT2D eigenvalue weighted by atomic mass is 16.2. The molecule has 0 spiro atoms. The number of hydrogen-bond donors (Lipinski definition) is 1. The first-order valence-electron chi connectivity index (χ1n) is 8.07. The van der Waals surface area contributed by atoms with Gasteiger partial charge in [0.2, 0.25) is 17.7 Å². The number of anilines is 1. The Kier molecular flexibility index (Phi) is 5.19. The lowest BCUT2D eigenvalue weighted by Gasteiger charge is -2.21. The fourth-order valence-electron chi connectivity index (χ4n) is 2.82. The average molecular weight is 316 g/mol. The largest absolute Gasteiger partial charge is 0.324 e. The molecule has 1 N–H and O–H groups in total. The van der Waals surface area contributed by atoms with E-state index in [1.54, 1.807) is 0 Å². The van der Waals surface area contributed by atoms with Crippen LogP contribution in [0.4, 0.5) is 5.69 Å². The van der Waals surface area contributed by atoms with Crippen molar-refractivity contribution < 1.29 is 14.4 Å². The van der Waals surface area contributed by atoms with Gasteiger partial charge in [-0.05, 0) is 23.0 Å². The zero-order valence-corrected chi connectivity index (χ0v) is 14.2. The Morgan fingerprint density at radius 2 is 1.52 bits per heavy atom. The van der Waals surface area contributed by atoms with Crippen molar-refractivity contribution in [3.63, 3.8) is 0 Å². The monoisotopic (exact) mass is 316 g/mol. The van der Waals surface area contributed by atoms with Crippen LogP contribution in [-0.2, 0) is 14.4 Å². The number of imide groups is 1. The Morgan fingerprint density at radius 1 is 1.04 bits per heavy atom. The molecule has 1 fully saturated rings. The zero-order valence-electron chi connectivity index (χ0n) is 14.2. The summed E-state index contributed by atoms with van der Waals surface area (Å²) in [6.07, 6.45) is 0.401. The Morgan fingerprint density at radius 3 is 1.96 bits per heavy atom. The van der Waals surface area contributed by atoms with Crippen LogP contribution in [-0.4, -0.2) is 29.2 Å². The number of rotatable bonds is 5. The number of carbonyl (C=O) groups excluding carboxylic acids is 3. The minimum atomic E-state index is -0.330. The van der Waals surface area contributed by atoms with Crippen LogP contribution in [0, 0.1) is 0 Å². The van der Waals surface area contributed by atoms with Crippen molar-refractivity contribution in [2.75, 3.05) is 11.9 Å². The number of likely N-dealkylation sites (tertiary alicyclic amines) is 1. The molecule has 0 aliphatic carbocycles. The van der Waals surface area contributed by atoms with E-state index in [0.717, 1.165) is 21.7 Å². The van der Waals surface area contributed by atoms with E-state index in [-0.39, 0.29) is 48.9 Å². The molecule has 0 unspecified atom stereocenters. The van der Waals surface area contributed by atoms with Gasteiger partial charge in [0.05, 0.1) is 0 Å². The number of hydrogen-bond acceptors (Lipinski definition) is 3. The van der Waals surface area contributed by atoms with E-state index in [9.17, 15) is 14.4 Å². The molecule has 3 amide bonds. The van der Waals surface area contributed by atoms with Crippen molar-refractivity contribution in [2.24, 2.45) is 0 Å². The quantitative estimate of drug-likeness (QED) is 0.849. The summed E-state index contributed by atoms with van der Waals surface area (Å²) in [6.45, 7) is 8.08. The zero-order chi connectivity index (χ0) is 17.1. The molecule has 0 radical (unpaired) electrons. The van der Waals surface area contributed by atoms with Crippen LogP contribution in [0.25, 0.3) is 0 Å². The lowest BCUT2D eigenvalue weighted by Crippen LogP contribution is -2.37.